The van der Waals surface area contributed by atoms with Gasteiger partial charge in [-0.3, -0.25) is 4.79 Å². The molecule has 3 fully saturated rings. The smallest absolute Gasteiger partial charge is 0.318 e. The summed E-state index contributed by atoms with van der Waals surface area (Å²) in [7, 11) is 1.68. The fourth-order valence-electron chi connectivity index (χ4n) is 6.12. The van der Waals surface area contributed by atoms with Crippen molar-refractivity contribution in [2.24, 2.45) is 22.7 Å². The Morgan fingerprint density at radius 1 is 1.26 bits per heavy atom. The van der Waals surface area contributed by atoms with Gasteiger partial charge in [-0.25, -0.2) is 4.79 Å². The molecule has 0 spiro atoms. The standard InChI is InChI=1S/C28H41ClN2O4/c1-25(2,3)10-9-18-7-8-20(15-22(18)29)27(5)26(4,21-13-19(14-21)23(32)33)16-31(24(34)30-27)28(11-12-28)17-35-6/h7-8,15,19,21H,9-14,16-17H2,1-6H3,(H,30,34)(H,32,33)/t19-,21+,26?,27-/m0/s1. The SMILES string of the molecule is COCC1(N2CC(C)([C@H]3C[C@@H](C(=O)O)C3)[C@](C)(c3ccc(CCC(C)(C)C)c(Cl)c3)NC2=O)CC1. The first-order chi connectivity index (χ1) is 16.2. The third kappa shape index (κ3) is 4.69. The number of rotatable bonds is 8. The predicted molar refractivity (Wildman–Crippen MR) is 138 cm³/mol. The second kappa shape index (κ2) is 8.95. The van der Waals surface area contributed by atoms with E-state index >= 15 is 0 Å². The van der Waals surface area contributed by atoms with Crippen LogP contribution in [0.2, 0.25) is 5.02 Å². The van der Waals surface area contributed by atoms with Gasteiger partial charge in [-0.1, -0.05) is 51.4 Å². The first-order valence-electron chi connectivity index (χ1n) is 12.9. The number of benzene rings is 1. The number of nitrogens with one attached hydrogen (secondary N) is 1. The summed E-state index contributed by atoms with van der Waals surface area (Å²) in [6.07, 6.45) is 5.04. The molecule has 1 aliphatic heterocycles. The van der Waals surface area contributed by atoms with E-state index in [0.717, 1.165) is 41.8 Å². The fraction of sp³-hybridized carbons (Fsp3) is 0.714. The number of carboxylic acid groups (broad SMARTS) is 1. The third-order valence-corrected chi connectivity index (χ3v) is 9.56. The Balaban J connectivity index is 1.68. The molecule has 1 aromatic carbocycles. The summed E-state index contributed by atoms with van der Waals surface area (Å²) in [5, 5.41) is 13.6. The van der Waals surface area contributed by atoms with Gasteiger partial charge in [0.2, 0.25) is 0 Å². The number of nitrogens with zero attached hydrogens (tertiary/aromatic N) is 1. The molecule has 2 saturated carbocycles. The Morgan fingerprint density at radius 3 is 2.43 bits per heavy atom. The molecule has 4 rings (SSSR count). The van der Waals surface area contributed by atoms with Gasteiger partial charge in [0.25, 0.3) is 0 Å². The molecule has 35 heavy (non-hydrogen) atoms. The van der Waals surface area contributed by atoms with E-state index in [4.69, 9.17) is 16.3 Å². The van der Waals surface area contributed by atoms with Gasteiger partial charge in [0.1, 0.15) is 0 Å². The van der Waals surface area contributed by atoms with Gasteiger partial charge in [-0.05, 0) is 74.0 Å². The summed E-state index contributed by atoms with van der Waals surface area (Å²) in [6, 6.07) is 6.14. The maximum absolute atomic E-state index is 13.5. The van der Waals surface area contributed by atoms with Crippen LogP contribution in [0.15, 0.2) is 18.2 Å². The van der Waals surface area contributed by atoms with E-state index in [2.05, 4.69) is 52.1 Å². The van der Waals surface area contributed by atoms with Gasteiger partial charge >= 0.3 is 12.0 Å². The Bertz CT molecular complexity index is 995. The van der Waals surface area contributed by atoms with E-state index in [0.29, 0.717) is 26.0 Å². The Labute approximate surface area is 214 Å². The van der Waals surface area contributed by atoms with E-state index in [9.17, 15) is 14.7 Å². The first-order valence-corrected chi connectivity index (χ1v) is 13.2. The van der Waals surface area contributed by atoms with Crippen molar-refractivity contribution in [1.29, 1.82) is 0 Å². The zero-order chi connectivity index (χ0) is 25.8. The number of carbonyl (C=O) groups excluding carboxylic acids is 1. The van der Waals surface area contributed by atoms with Crippen LogP contribution >= 0.6 is 11.6 Å². The maximum Gasteiger partial charge on any atom is 0.318 e. The molecular formula is C28H41ClN2O4. The molecule has 0 radical (unpaired) electrons. The van der Waals surface area contributed by atoms with Crippen molar-refractivity contribution >= 4 is 23.6 Å². The highest BCUT2D eigenvalue weighted by Gasteiger charge is 2.63. The number of amides is 2. The van der Waals surface area contributed by atoms with Crippen LogP contribution in [0.1, 0.15) is 77.8 Å². The second-order valence-electron chi connectivity index (χ2n) is 12.8. The van der Waals surface area contributed by atoms with Gasteiger partial charge in [0.05, 0.1) is 23.6 Å². The molecule has 0 aromatic heterocycles. The Morgan fingerprint density at radius 2 is 1.91 bits per heavy atom. The van der Waals surface area contributed by atoms with Crippen LogP contribution in [0.4, 0.5) is 4.79 Å². The molecule has 1 saturated heterocycles. The topological polar surface area (TPSA) is 78.9 Å². The minimum absolute atomic E-state index is 0.0819. The second-order valence-corrected chi connectivity index (χ2v) is 13.2. The summed E-state index contributed by atoms with van der Waals surface area (Å²) >= 11 is 6.80. The van der Waals surface area contributed by atoms with Crippen LogP contribution in [0.3, 0.4) is 0 Å². The molecule has 2 N–H and O–H groups in total. The number of hydrogen-bond acceptors (Lipinski definition) is 3. The summed E-state index contributed by atoms with van der Waals surface area (Å²) in [5.41, 5.74) is 1.01. The fourth-order valence-corrected chi connectivity index (χ4v) is 6.40. The lowest BCUT2D eigenvalue weighted by molar-refractivity contribution is -0.152. The van der Waals surface area contributed by atoms with Gasteiger partial charge < -0.3 is 20.1 Å². The number of halogens is 1. The number of aryl methyl sites for hydroxylation is 1. The van der Waals surface area contributed by atoms with Crippen molar-refractivity contribution in [1.82, 2.24) is 10.2 Å². The highest BCUT2D eigenvalue weighted by molar-refractivity contribution is 6.31. The molecule has 1 aromatic rings. The van der Waals surface area contributed by atoms with Crippen molar-refractivity contribution in [3.8, 4) is 0 Å². The third-order valence-electron chi connectivity index (χ3n) is 9.21. The predicted octanol–water partition coefficient (Wildman–Crippen LogP) is 5.86. The molecule has 6 nitrogen and oxygen atoms in total. The van der Waals surface area contributed by atoms with Crippen LogP contribution in [0.5, 0.6) is 0 Å². The van der Waals surface area contributed by atoms with Crippen molar-refractivity contribution in [3.63, 3.8) is 0 Å². The van der Waals surface area contributed by atoms with Crippen LogP contribution in [-0.2, 0) is 21.5 Å². The van der Waals surface area contributed by atoms with Crippen molar-refractivity contribution < 1.29 is 19.4 Å². The first kappa shape index (κ1) is 26.3. The molecule has 0 bridgehead atoms. The minimum atomic E-state index is -0.729. The van der Waals surface area contributed by atoms with Gasteiger partial charge in [-0.15, -0.1) is 0 Å². The summed E-state index contributed by atoms with van der Waals surface area (Å²) in [5.74, 6) is -0.869. The summed E-state index contributed by atoms with van der Waals surface area (Å²) in [4.78, 5) is 27.1. The van der Waals surface area contributed by atoms with Crippen molar-refractivity contribution in [3.05, 3.63) is 34.3 Å². The number of ether oxygens (including phenoxy) is 1. The highest BCUT2D eigenvalue weighted by atomic mass is 35.5. The van der Waals surface area contributed by atoms with Crippen LogP contribution in [0.25, 0.3) is 0 Å². The quantitative estimate of drug-likeness (QED) is 0.465. The lowest BCUT2D eigenvalue weighted by Crippen LogP contribution is -2.72. The van der Waals surface area contributed by atoms with Gasteiger partial charge in [-0.2, -0.15) is 0 Å². The summed E-state index contributed by atoms with van der Waals surface area (Å²) < 4.78 is 5.48. The monoisotopic (exact) mass is 504 g/mol. The van der Waals surface area contributed by atoms with Crippen LogP contribution in [0, 0.1) is 22.7 Å². The molecule has 2 atom stereocenters. The molecule has 1 heterocycles. The Hall–Kier alpha value is -1.79. The van der Waals surface area contributed by atoms with E-state index in [-0.39, 0.29) is 34.2 Å². The minimum Gasteiger partial charge on any atom is -0.481 e. The van der Waals surface area contributed by atoms with Crippen LogP contribution < -0.4 is 5.32 Å². The average Bonchev–Trinajstić information content (AvgIpc) is 3.48. The molecule has 1 unspecified atom stereocenters. The number of hydrogen-bond donors (Lipinski definition) is 2. The molecule has 7 heteroatoms. The maximum atomic E-state index is 13.5. The number of carboxylic acids is 1. The van der Waals surface area contributed by atoms with E-state index in [1.165, 1.54) is 0 Å². The van der Waals surface area contributed by atoms with E-state index in [1.54, 1.807) is 7.11 Å². The zero-order valence-electron chi connectivity index (χ0n) is 22.0. The lowest BCUT2D eigenvalue weighted by atomic mass is 9.52. The highest BCUT2D eigenvalue weighted by Crippen LogP contribution is 2.58. The molecule has 2 aliphatic carbocycles. The number of urea groups is 1. The molecular weight excluding hydrogens is 464 g/mol. The average molecular weight is 505 g/mol. The Kier molecular flexibility index (Phi) is 6.72. The number of aliphatic carboxylic acids is 1. The number of methoxy groups -OCH3 is 1. The normalized spacial score (nSPS) is 32.1. The number of carbonyl (C=O) groups is 2. The van der Waals surface area contributed by atoms with E-state index in [1.807, 2.05) is 11.0 Å². The lowest BCUT2D eigenvalue weighted by Gasteiger charge is -2.61. The van der Waals surface area contributed by atoms with Gasteiger partial charge in [0, 0.05) is 24.1 Å². The van der Waals surface area contributed by atoms with Crippen molar-refractivity contribution in [2.75, 3.05) is 20.3 Å². The van der Waals surface area contributed by atoms with Gasteiger partial charge in [0.15, 0.2) is 0 Å². The molecule has 194 valence electrons. The molecule has 2 amide bonds. The summed E-state index contributed by atoms with van der Waals surface area (Å²) in [6.45, 7) is 12.1. The van der Waals surface area contributed by atoms with Crippen molar-refractivity contribution in [2.45, 2.75) is 84.2 Å². The van der Waals surface area contributed by atoms with Crippen LogP contribution in [-0.4, -0.2) is 47.8 Å². The van der Waals surface area contributed by atoms with E-state index < -0.39 is 11.5 Å². The largest absolute Gasteiger partial charge is 0.481 e. The zero-order valence-corrected chi connectivity index (χ0v) is 22.8. The molecule has 3 aliphatic rings.